The Bertz CT molecular complexity index is 156. The van der Waals surface area contributed by atoms with Crippen LogP contribution in [0.25, 0.3) is 0 Å². The standard InChI is InChI=1S/C8H13F2N/c9-4-6-3-7(10)5-11-8(6)1-2-8/h6-7,11H,1-5H2. The van der Waals surface area contributed by atoms with Crippen molar-refractivity contribution < 1.29 is 8.78 Å². The van der Waals surface area contributed by atoms with Gasteiger partial charge >= 0.3 is 0 Å². The molecule has 1 aliphatic carbocycles. The summed E-state index contributed by atoms with van der Waals surface area (Å²) in [5.41, 5.74) is 0.0112. The first-order valence-electron chi connectivity index (χ1n) is 4.22. The summed E-state index contributed by atoms with van der Waals surface area (Å²) in [5.74, 6) is -0.0637. The molecule has 0 aromatic heterocycles. The molecule has 1 N–H and O–H groups in total. The highest BCUT2D eigenvalue weighted by Gasteiger charge is 2.52. The Morgan fingerprint density at radius 3 is 2.73 bits per heavy atom. The maximum Gasteiger partial charge on any atom is 0.113 e. The van der Waals surface area contributed by atoms with Gasteiger partial charge in [0.05, 0.1) is 6.67 Å². The van der Waals surface area contributed by atoms with Crippen LogP contribution in [0.4, 0.5) is 8.78 Å². The molecule has 2 aliphatic rings. The molecule has 0 amide bonds. The molecule has 1 heterocycles. The summed E-state index contributed by atoms with van der Waals surface area (Å²) in [6.07, 6.45) is 1.66. The molecule has 2 fully saturated rings. The summed E-state index contributed by atoms with van der Waals surface area (Å²) in [4.78, 5) is 0. The first-order chi connectivity index (χ1) is 5.27. The van der Waals surface area contributed by atoms with Gasteiger partial charge in [-0.3, -0.25) is 4.39 Å². The first kappa shape index (κ1) is 7.47. The summed E-state index contributed by atoms with van der Waals surface area (Å²) in [6, 6.07) is 0. The van der Waals surface area contributed by atoms with Crippen LogP contribution in [0.3, 0.4) is 0 Å². The van der Waals surface area contributed by atoms with Crippen LogP contribution in [-0.4, -0.2) is 24.9 Å². The molecule has 1 aliphatic heterocycles. The lowest BCUT2D eigenvalue weighted by molar-refractivity contribution is 0.135. The highest BCUT2D eigenvalue weighted by molar-refractivity contribution is 5.09. The van der Waals surface area contributed by atoms with Crippen LogP contribution in [0.5, 0.6) is 0 Å². The Balaban J connectivity index is 2.01. The third kappa shape index (κ3) is 1.15. The topological polar surface area (TPSA) is 12.0 Å². The molecule has 1 nitrogen and oxygen atoms in total. The monoisotopic (exact) mass is 161 g/mol. The maximum atomic E-state index is 12.8. The van der Waals surface area contributed by atoms with Crippen LogP contribution in [0, 0.1) is 5.92 Å². The van der Waals surface area contributed by atoms with E-state index >= 15 is 0 Å². The summed E-state index contributed by atoms with van der Waals surface area (Å²) >= 11 is 0. The van der Waals surface area contributed by atoms with Gasteiger partial charge in [0.1, 0.15) is 6.17 Å². The third-order valence-electron chi connectivity index (χ3n) is 2.97. The molecular formula is C8H13F2N. The highest BCUT2D eigenvalue weighted by atomic mass is 19.1. The average Bonchev–Trinajstić information content (AvgIpc) is 2.76. The summed E-state index contributed by atoms with van der Waals surface area (Å²) < 4.78 is 25.1. The van der Waals surface area contributed by atoms with Gasteiger partial charge in [-0.1, -0.05) is 0 Å². The van der Waals surface area contributed by atoms with Crippen molar-refractivity contribution in [1.29, 1.82) is 0 Å². The van der Waals surface area contributed by atoms with E-state index in [1.807, 2.05) is 0 Å². The Morgan fingerprint density at radius 2 is 2.18 bits per heavy atom. The molecule has 0 aromatic carbocycles. The SMILES string of the molecule is FCC1CC(F)CNC12CC2. The number of halogens is 2. The number of alkyl halides is 2. The molecule has 1 saturated heterocycles. The zero-order chi connectivity index (χ0) is 7.90. The quantitative estimate of drug-likeness (QED) is 0.613. The molecule has 2 unspecified atom stereocenters. The molecule has 2 rings (SSSR count). The molecule has 64 valence electrons. The van der Waals surface area contributed by atoms with E-state index in [0.717, 1.165) is 12.8 Å². The second-order valence-electron chi connectivity index (χ2n) is 3.72. The largest absolute Gasteiger partial charge is 0.308 e. The lowest BCUT2D eigenvalue weighted by Crippen LogP contribution is -2.49. The summed E-state index contributed by atoms with van der Waals surface area (Å²) in [6.45, 7) is 0.0594. The normalized spacial score (nSPS) is 40.9. The number of hydrogen-bond donors (Lipinski definition) is 1. The van der Waals surface area contributed by atoms with E-state index in [-0.39, 0.29) is 18.1 Å². The molecule has 1 saturated carbocycles. The number of hydrogen-bond acceptors (Lipinski definition) is 1. The Kier molecular flexibility index (Phi) is 1.63. The lowest BCUT2D eigenvalue weighted by atomic mass is 9.89. The average molecular weight is 161 g/mol. The van der Waals surface area contributed by atoms with E-state index < -0.39 is 6.17 Å². The number of piperidine rings is 1. The van der Waals surface area contributed by atoms with Crippen molar-refractivity contribution >= 4 is 0 Å². The van der Waals surface area contributed by atoms with Crippen LogP contribution in [0.2, 0.25) is 0 Å². The lowest BCUT2D eigenvalue weighted by Gasteiger charge is -2.32. The van der Waals surface area contributed by atoms with Crippen molar-refractivity contribution in [3.63, 3.8) is 0 Å². The minimum absolute atomic E-state index is 0.0112. The summed E-state index contributed by atoms with van der Waals surface area (Å²) in [7, 11) is 0. The smallest absolute Gasteiger partial charge is 0.113 e. The van der Waals surface area contributed by atoms with Gasteiger partial charge in [0.25, 0.3) is 0 Å². The summed E-state index contributed by atoms with van der Waals surface area (Å²) in [5, 5.41) is 3.11. The van der Waals surface area contributed by atoms with Gasteiger partial charge in [-0.05, 0) is 19.3 Å². The van der Waals surface area contributed by atoms with Crippen molar-refractivity contribution in [3.05, 3.63) is 0 Å². The molecule has 11 heavy (non-hydrogen) atoms. The van der Waals surface area contributed by atoms with Gasteiger partial charge < -0.3 is 5.32 Å². The van der Waals surface area contributed by atoms with Gasteiger partial charge in [-0.2, -0.15) is 0 Å². The second-order valence-corrected chi connectivity index (χ2v) is 3.72. The fraction of sp³-hybridized carbons (Fsp3) is 1.00. The number of rotatable bonds is 1. The highest BCUT2D eigenvalue weighted by Crippen LogP contribution is 2.46. The zero-order valence-electron chi connectivity index (χ0n) is 6.45. The molecule has 1 spiro atoms. The molecule has 0 bridgehead atoms. The second kappa shape index (κ2) is 2.41. The van der Waals surface area contributed by atoms with Crippen molar-refractivity contribution in [1.82, 2.24) is 5.32 Å². The predicted molar refractivity (Wildman–Crippen MR) is 38.9 cm³/mol. The Hall–Kier alpha value is -0.180. The Labute approximate surface area is 65.2 Å². The van der Waals surface area contributed by atoms with Crippen molar-refractivity contribution in [3.8, 4) is 0 Å². The maximum absolute atomic E-state index is 12.8. The van der Waals surface area contributed by atoms with E-state index in [4.69, 9.17) is 0 Å². The minimum Gasteiger partial charge on any atom is -0.308 e. The zero-order valence-corrected chi connectivity index (χ0v) is 6.45. The minimum atomic E-state index is -0.832. The van der Waals surface area contributed by atoms with Gasteiger partial charge in [0.2, 0.25) is 0 Å². The van der Waals surface area contributed by atoms with Crippen LogP contribution >= 0.6 is 0 Å². The van der Waals surface area contributed by atoms with Gasteiger partial charge in [0, 0.05) is 18.0 Å². The van der Waals surface area contributed by atoms with Crippen LogP contribution in [0.15, 0.2) is 0 Å². The molecule has 2 atom stereocenters. The van der Waals surface area contributed by atoms with E-state index in [2.05, 4.69) is 5.32 Å². The third-order valence-corrected chi connectivity index (χ3v) is 2.97. The predicted octanol–water partition coefficient (Wildman–Crippen LogP) is 1.44. The van der Waals surface area contributed by atoms with Crippen LogP contribution < -0.4 is 5.32 Å². The molecular weight excluding hydrogens is 148 g/mol. The van der Waals surface area contributed by atoms with E-state index in [1.54, 1.807) is 0 Å². The Morgan fingerprint density at radius 1 is 1.45 bits per heavy atom. The van der Waals surface area contributed by atoms with Crippen molar-refractivity contribution in [2.24, 2.45) is 5.92 Å². The van der Waals surface area contributed by atoms with E-state index in [0.29, 0.717) is 13.0 Å². The fourth-order valence-corrected chi connectivity index (χ4v) is 2.01. The van der Waals surface area contributed by atoms with Gasteiger partial charge in [-0.25, -0.2) is 4.39 Å². The fourth-order valence-electron chi connectivity index (χ4n) is 2.01. The van der Waals surface area contributed by atoms with E-state index in [9.17, 15) is 8.78 Å². The van der Waals surface area contributed by atoms with E-state index in [1.165, 1.54) is 0 Å². The molecule has 0 radical (unpaired) electrons. The van der Waals surface area contributed by atoms with Crippen LogP contribution in [-0.2, 0) is 0 Å². The molecule has 0 aromatic rings. The first-order valence-corrected chi connectivity index (χ1v) is 4.22. The molecule has 3 heteroatoms. The van der Waals surface area contributed by atoms with Gasteiger partial charge in [-0.15, -0.1) is 0 Å². The van der Waals surface area contributed by atoms with Gasteiger partial charge in [0.15, 0.2) is 0 Å². The van der Waals surface area contributed by atoms with Crippen molar-refractivity contribution in [2.45, 2.75) is 31.0 Å². The number of nitrogens with one attached hydrogen (secondary N) is 1. The van der Waals surface area contributed by atoms with Crippen molar-refractivity contribution in [2.75, 3.05) is 13.2 Å². The van der Waals surface area contributed by atoms with Crippen LogP contribution in [0.1, 0.15) is 19.3 Å².